The fourth-order valence-electron chi connectivity index (χ4n) is 2.32. The molecular weight excluding hydrogens is 248 g/mol. The number of aromatic nitrogens is 1. The molecule has 1 amide bonds. The van der Waals surface area contributed by atoms with Crippen LogP contribution in [0.1, 0.15) is 17.3 Å². The second-order valence-electron chi connectivity index (χ2n) is 5.00. The van der Waals surface area contributed by atoms with E-state index in [0.717, 1.165) is 0 Å². The molecule has 0 radical (unpaired) electrons. The van der Waals surface area contributed by atoms with Crippen LogP contribution in [0.2, 0.25) is 0 Å². The molecule has 2 atom stereocenters. The highest BCUT2D eigenvalue weighted by Gasteiger charge is 2.37. The molecule has 1 N–H and O–H groups in total. The van der Waals surface area contributed by atoms with Crippen LogP contribution in [-0.2, 0) is 11.8 Å². The van der Waals surface area contributed by atoms with Gasteiger partial charge in [-0.15, -0.1) is 0 Å². The molecule has 19 heavy (non-hydrogen) atoms. The highest BCUT2D eigenvalue weighted by atomic mass is 16.4. The number of amides is 1. The molecule has 1 aliphatic rings. The molecule has 1 fully saturated rings. The van der Waals surface area contributed by atoms with Crippen molar-refractivity contribution in [3.8, 4) is 0 Å². The Morgan fingerprint density at radius 2 is 2.05 bits per heavy atom. The molecule has 6 nitrogen and oxygen atoms in total. The number of hydrogen-bond acceptors (Lipinski definition) is 3. The summed E-state index contributed by atoms with van der Waals surface area (Å²) in [5, 5.41) is 9.04. The van der Waals surface area contributed by atoms with Crippen LogP contribution in [0.5, 0.6) is 0 Å². The standard InChI is InChI=1S/C13H16N2O4/c1-8-6-15(7-10(8)13(18)19)12(17)9-3-4-14(2)11(16)5-9/h3-5,8,10H,6-7H2,1-2H3,(H,18,19). The lowest BCUT2D eigenvalue weighted by Crippen LogP contribution is -2.31. The maximum atomic E-state index is 12.2. The minimum absolute atomic E-state index is 0.0759. The van der Waals surface area contributed by atoms with E-state index in [1.807, 2.05) is 6.92 Å². The Labute approximate surface area is 110 Å². The van der Waals surface area contributed by atoms with Gasteiger partial charge in [0.15, 0.2) is 0 Å². The van der Waals surface area contributed by atoms with E-state index in [1.165, 1.54) is 21.7 Å². The van der Waals surface area contributed by atoms with Gasteiger partial charge in [-0.25, -0.2) is 0 Å². The SMILES string of the molecule is CC1CN(C(=O)c2ccn(C)c(=O)c2)CC1C(=O)O. The van der Waals surface area contributed by atoms with Gasteiger partial charge in [0, 0.05) is 38.0 Å². The number of pyridine rings is 1. The topological polar surface area (TPSA) is 79.6 Å². The molecule has 2 heterocycles. The van der Waals surface area contributed by atoms with Gasteiger partial charge in [0.2, 0.25) is 0 Å². The average Bonchev–Trinajstić information content (AvgIpc) is 2.74. The monoisotopic (exact) mass is 264 g/mol. The fraction of sp³-hybridized carbons (Fsp3) is 0.462. The van der Waals surface area contributed by atoms with Gasteiger partial charge in [-0.1, -0.05) is 6.92 Å². The van der Waals surface area contributed by atoms with Crippen molar-refractivity contribution in [1.29, 1.82) is 0 Å². The van der Waals surface area contributed by atoms with Gasteiger partial charge < -0.3 is 14.6 Å². The summed E-state index contributed by atoms with van der Waals surface area (Å²) in [6, 6.07) is 2.85. The number of aryl methyl sites for hydroxylation is 1. The third-order valence-electron chi connectivity index (χ3n) is 3.57. The molecule has 0 spiro atoms. The zero-order valence-electron chi connectivity index (χ0n) is 10.9. The quantitative estimate of drug-likeness (QED) is 0.826. The average molecular weight is 264 g/mol. The van der Waals surface area contributed by atoms with Gasteiger partial charge in [0.05, 0.1) is 5.92 Å². The first-order chi connectivity index (χ1) is 8.90. The summed E-state index contributed by atoms with van der Waals surface area (Å²) in [6.07, 6.45) is 1.53. The number of hydrogen-bond donors (Lipinski definition) is 1. The van der Waals surface area contributed by atoms with Crippen molar-refractivity contribution in [1.82, 2.24) is 9.47 Å². The maximum absolute atomic E-state index is 12.2. The summed E-state index contributed by atoms with van der Waals surface area (Å²) in [5.41, 5.74) is 0.0502. The van der Waals surface area contributed by atoms with Crippen LogP contribution >= 0.6 is 0 Å². The number of rotatable bonds is 2. The Hall–Kier alpha value is -2.11. The fourth-order valence-corrected chi connectivity index (χ4v) is 2.32. The van der Waals surface area contributed by atoms with Crippen molar-refractivity contribution in [3.05, 3.63) is 34.2 Å². The van der Waals surface area contributed by atoms with E-state index in [1.54, 1.807) is 13.1 Å². The number of nitrogens with zero attached hydrogens (tertiary/aromatic N) is 2. The molecule has 0 bridgehead atoms. The lowest BCUT2D eigenvalue weighted by atomic mass is 9.99. The highest BCUT2D eigenvalue weighted by Crippen LogP contribution is 2.24. The number of aliphatic carboxylic acids is 1. The number of carboxylic acids is 1. The Bertz CT molecular complexity index is 578. The molecule has 1 saturated heterocycles. The molecule has 1 aliphatic heterocycles. The maximum Gasteiger partial charge on any atom is 0.308 e. The highest BCUT2D eigenvalue weighted by molar-refractivity contribution is 5.94. The van der Waals surface area contributed by atoms with Crippen LogP contribution in [0.3, 0.4) is 0 Å². The summed E-state index contributed by atoms with van der Waals surface area (Å²) in [6.45, 7) is 2.42. The second-order valence-corrected chi connectivity index (χ2v) is 5.00. The first kappa shape index (κ1) is 13.3. The van der Waals surface area contributed by atoms with E-state index in [9.17, 15) is 14.4 Å². The zero-order chi connectivity index (χ0) is 14.2. The van der Waals surface area contributed by atoms with Crippen LogP contribution in [0.4, 0.5) is 0 Å². The van der Waals surface area contributed by atoms with E-state index in [4.69, 9.17) is 5.11 Å². The van der Waals surface area contributed by atoms with Crippen molar-refractivity contribution in [2.45, 2.75) is 6.92 Å². The lowest BCUT2D eigenvalue weighted by Gasteiger charge is -2.15. The summed E-state index contributed by atoms with van der Waals surface area (Å²) < 4.78 is 1.38. The van der Waals surface area contributed by atoms with E-state index in [0.29, 0.717) is 12.1 Å². The summed E-state index contributed by atoms with van der Waals surface area (Å²) in [5.74, 6) is -1.77. The first-order valence-corrected chi connectivity index (χ1v) is 6.09. The summed E-state index contributed by atoms with van der Waals surface area (Å²) in [7, 11) is 1.61. The summed E-state index contributed by atoms with van der Waals surface area (Å²) >= 11 is 0. The predicted octanol–water partition coefficient (Wildman–Crippen LogP) is 0.178. The first-order valence-electron chi connectivity index (χ1n) is 6.09. The van der Waals surface area contributed by atoms with Gasteiger partial charge in [-0.2, -0.15) is 0 Å². The van der Waals surface area contributed by atoms with Gasteiger partial charge in [-0.05, 0) is 12.0 Å². The third kappa shape index (κ3) is 2.52. The smallest absolute Gasteiger partial charge is 0.308 e. The number of carboxylic acid groups (broad SMARTS) is 1. The minimum atomic E-state index is -0.883. The van der Waals surface area contributed by atoms with Crippen molar-refractivity contribution in [3.63, 3.8) is 0 Å². The molecule has 6 heteroatoms. The van der Waals surface area contributed by atoms with Crippen molar-refractivity contribution < 1.29 is 14.7 Å². The second kappa shape index (κ2) is 4.87. The molecule has 1 aromatic rings. The van der Waals surface area contributed by atoms with Crippen LogP contribution in [0.15, 0.2) is 23.1 Å². The van der Waals surface area contributed by atoms with E-state index >= 15 is 0 Å². The molecule has 2 unspecified atom stereocenters. The Morgan fingerprint density at radius 1 is 1.37 bits per heavy atom. The van der Waals surface area contributed by atoms with Crippen molar-refractivity contribution >= 4 is 11.9 Å². The Kier molecular flexibility index (Phi) is 3.42. The number of carbonyl (C=O) groups is 2. The zero-order valence-corrected chi connectivity index (χ0v) is 10.9. The molecule has 0 saturated carbocycles. The van der Waals surface area contributed by atoms with E-state index in [-0.39, 0.29) is 23.9 Å². The molecule has 102 valence electrons. The predicted molar refractivity (Wildman–Crippen MR) is 67.9 cm³/mol. The lowest BCUT2D eigenvalue weighted by molar-refractivity contribution is -0.142. The van der Waals surface area contributed by atoms with Gasteiger partial charge in [0.25, 0.3) is 11.5 Å². The number of likely N-dealkylation sites (tertiary alicyclic amines) is 1. The largest absolute Gasteiger partial charge is 0.481 e. The van der Waals surface area contributed by atoms with Crippen LogP contribution in [0.25, 0.3) is 0 Å². The van der Waals surface area contributed by atoms with Gasteiger partial charge >= 0.3 is 5.97 Å². The third-order valence-corrected chi connectivity index (χ3v) is 3.57. The normalized spacial score (nSPS) is 22.5. The van der Waals surface area contributed by atoms with Crippen molar-refractivity contribution in [2.24, 2.45) is 18.9 Å². The van der Waals surface area contributed by atoms with Crippen LogP contribution in [-0.4, -0.2) is 39.5 Å². The van der Waals surface area contributed by atoms with Crippen LogP contribution < -0.4 is 5.56 Å². The van der Waals surface area contributed by atoms with Crippen molar-refractivity contribution in [2.75, 3.05) is 13.1 Å². The van der Waals surface area contributed by atoms with E-state index in [2.05, 4.69) is 0 Å². The van der Waals surface area contributed by atoms with Crippen LogP contribution in [0, 0.1) is 11.8 Å². The molecule has 2 rings (SSSR count). The Balaban J connectivity index is 2.19. The van der Waals surface area contributed by atoms with E-state index < -0.39 is 11.9 Å². The Morgan fingerprint density at radius 3 is 2.58 bits per heavy atom. The van der Waals surface area contributed by atoms with Gasteiger partial charge in [0.1, 0.15) is 0 Å². The minimum Gasteiger partial charge on any atom is -0.481 e. The molecule has 1 aromatic heterocycles. The molecule has 0 aromatic carbocycles. The molecular formula is C13H16N2O4. The number of carbonyl (C=O) groups excluding carboxylic acids is 1. The molecule has 0 aliphatic carbocycles. The summed E-state index contributed by atoms with van der Waals surface area (Å²) in [4.78, 5) is 36.2. The van der Waals surface area contributed by atoms with Gasteiger partial charge in [-0.3, -0.25) is 14.4 Å².